The van der Waals surface area contributed by atoms with E-state index >= 15 is 0 Å². The smallest absolute Gasteiger partial charge is 0.220 e. The van der Waals surface area contributed by atoms with Crippen molar-refractivity contribution in [1.29, 1.82) is 0 Å². The average molecular weight is 419 g/mol. The summed E-state index contributed by atoms with van der Waals surface area (Å²) in [5, 5.41) is 10.2. The molecule has 5 atom stereocenters. The van der Waals surface area contributed by atoms with Gasteiger partial charge in [0.1, 0.15) is 0 Å². The highest BCUT2D eigenvalue weighted by atomic mass is 16.3. The minimum atomic E-state index is -0.272. The van der Waals surface area contributed by atoms with Gasteiger partial charge in [0.25, 0.3) is 0 Å². The Kier molecular flexibility index (Phi) is 4.01. The van der Waals surface area contributed by atoms with Gasteiger partial charge in [0, 0.05) is 17.4 Å². The van der Waals surface area contributed by atoms with Gasteiger partial charge < -0.3 is 5.11 Å². The first-order valence-corrected chi connectivity index (χ1v) is 11.7. The highest BCUT2D eigenvalue weighted by molar-refractivity contribution is 6.06. The molecule has 31 heavy (non-hydrogen) atoms. The van der Waals surface area contributed by atoms with E-state index in [2.05, 4.69) is 45.9 Å². The fourth-order valence-corrected chi connectivity index (χ4v) is 7.93. The van der Waals surface area contributed by atoms with Gasteiger partial charge in [-0.25, -0.2) is 0 Å². The molecule has 0 heterocycles. The predicted molar refractivity (Wildman–Crippen MR) is 122 cm³/mol. The van der Waals surface area contributed by atoms with Crippen LogP contribution in [-0.2, 0) is 9.59 Å². The second-order valence-corrected chi connectivity index (χ2v) is 11.7. The van der Waals surface area contributed by atoms with Crippen LogP contribution in [0.3, 0.4) is 0 Å². The maximum absolute atomic E-state index is 12.6. The molecule has 0 bridgehead atoms. The first-order valence-electron chi connectivity index (χ1n) is 11.7. The lowest BCUT2D eigenvalue weighted by molar-refractivity contribution is -0.133. The Labute approximate surface area is 185 Å². The number of rotatable bonds is 0. The Bertz CT molecular complexity index is 1100. The summed E-state index contributed by atoms with van der Waals surface area (Å²) >= 11 is 0. The highest BCUT2D eigenvalue weighted by Gasteiger charge is 2.65. The van der Waals surface area contributed by atoms with Crippen LogP contribution < -0.4 is 0 Å². The van der Waals surface area contributed by atoms with E-state index in [-0.39, 0.29) is 33.2 Å². The monoisotopic (exact) mass is 418 g/mol. The summed E-state index contributed by atoms with van der Waals surface area (Å²) in [7, 11) is 0. The number of Topliss-reactive ketones (excluding diaryl/α,β-unsaturated/α-hetero) is 1. The average Bonchev–Trinajstić information content (AvgIpc) is 2.71. The van der Waals surface area contributed by atoms with Gasteiger partial charge in [-0.1, -0.05) is 51.5 Å². The van der Waals surface area contributed by atoms with Gasteiger partial charge in [-0.05, 0) is 84.5 Å². The fraction of sp³-hybridized carbons (Fsp3) is 0.571. The third-order valence-electron chi connectivity index (χ3n) is 10.2. The summed E-state index contributed by atoms with van der Waals surface area (Å²) in [6, 6.07) is 0. The van der Waals surface area contributed by atoms with Crippen molar-refractivity contribution in [1.82, 2.24) is 0 Å². The molecule has 0 spiro atoms. The molecule has 0 saturated heterocycles. The van der Waals surface area contributed by atoms with Crippen molar-refractivity contribution in [2.45, 2.75) is 73.6 Å². The van der Waals surface area contributed by atoms with E-state index in [9.17, 15) is 14.7 Å². The maximum atomic E-state index is 12.6. The van der Waals surface area contributed by atoms with Crippen LogP contribution in [0.2, 0.25) is 0 Å². The molecule has 5 aliphatic carbocycles. The third-order valence-corrected chi connectivity index (χ3v) is 10.2. The van der Waals surface area contributed by atoms with Crippen LogP contribution in [0.1, 0.15) is 73.6 Å². The molecule has 0 aromatic carbocycles. The Morgan fingerprint density at radius 2 is 1.68 bits per heavy atom. The quantitative estimate of drug-likeness (QED) is 0.499. The zero-order valence-electron chi connectivity index (χ0n) is 19.7. The van der Waals surface area contributed by atoms with Crippen molar-refractivity contribution in [2.75, 3.05) is 0 Å². The number of ketones is 2. The van der Waals surface area contributed by atoms with Crippen molar-refractivity contribution < 1.29 is 14.7 Å². The van der Waals surface area contributed by atoms with Crippen LogP contribution >= 0.6 is 0 Å². The van der Waals surface area contributed by atoms with E-state index in [0.717, 1.165) is 42.4 Å². The Balaban J connectivity index is 1.69. The van der Waals surface area contributed by atoms with Crippen molar-refractivity contribution in [3.8, 4) is 0 Å². The number of allylic oxidation sites excluding steroid dienone is 9. The molecule has 0 radical (unpaired) electrons. The Morgan fingerprint density at radius 1 is 0.968 bits per heavy atom. The van der Waals surface area contributed by atoms with Gasteiger partial charge >= 0.3 is 0 Å². The van der Waals surface area contributed by atoms with E-state index in [0.29, 0.717) is 23.7 Å². The van der Waals surface area contributed by atoms with E-state index in [1.54, 1.807) is 6.08 Å². The van der Waals surface area contributed by atoms with E-state index in [4.69, 9.17) is 0 Å². The van der Waals surface area contributed by atoms with Crippen LogP contribution in [0, 0.1) is 27.6 Å². The zero-order chi connectivity index (χ0) is 22.6. The number of hydrogen-bond donors (Lipinski definition) is 1. The van der Waals surface area contributed by atoms with Crippen molar-refractivity contribution >= 4 is 11.6 Å². The normalized spacial score (nSPS) is 44.3. The summed E-state index contributed by atoms with van der Waals surface area (Å²) in [6.45, 7) is 13.3. The topological polar surface area (TPSA) is 54.4 Å². The van der Waals surface area contributed by atoms with Gasteiger partial charge in [-0.3, -0.25) is 9.59 Å². The molecule has 5 rings (SSSR count). The summed E-state index contributed by atoms with van der Waals surface area (Å²) < 4.78 is 0. The molecule has 3 nitrogen and oxygen atoms in total. The van der Waals surface area contributed by atoms with Gasteiger partial charge in [-0.15, -0.1) is 0 Å². The molecule has 2 saturated carbocycles. The molecule has 0 aliphatic heterocycles. The summed E-state index contributed by atoms with van der Waals surface area (Å²) in [6.07, 6.45) is 13.2. The van der Waals surface area contributed by atoms with Crippen LogP contribution in [0.4, 0.5) is 0 Å². The van der Waals surface area contributed by atoms with Gasteiger partial charge in [-0.2, -0.15) is 0 Å². The molecule has 5 unspecified atom stereocenters. The number of carbonyl (C=O) groups excluding carboxylic acids is 2. The number of hydrogen-bond acceptors (Lipinski definition) is 3. The second kappa shape index (κ2) is 5.99. The van der Waals surface area contributed by atoms with Crippen LogP contribution in [0.25, 0.3) is 0 Å². The minimum absolute atomic E-state index is 0.00955. The maximum Gasteiger partial charge on any atom is 0.220 e. The third kappa shape index (κ3) is 2.36. The molecule has 2 fully saturated rings. The number of fused-ring (bicyclic) bond motifs is 7. The molecule has 0 aromatic heterocycles. The van der Waals surface area contributed by atoms with E-state index in [1.807, 2.05) is 13.8 Å². The van der Waals surface area contributed by atoms with Gasteiger partial charge in [0.05, 0.1) is 0 Å². The zero-order valence-corrected chi connectivity index (χ0v) is 19.7. The first kappa shape index (κ1) is 20.7. The summed E-state index contributed by atoms with van der Waals surface area (Å²) in [5.41, 5.74) is 5.01. The SMILES string of the molecule is CC1=CC2C(C)(CCC3(C)C4=CC=C5C(=CC(=O)C(O)=C5C)C4(C)CCC23C)CC1=O. The van der Waals surface area contributed by atoms with Crippen molar-refractivity contribution in [3.05, 3.63) is 57.9 Å². The number of aliphatic hydroxyl groups excluding tert-OH is 1. The fourth-order valence-electron chi connectivity index (χ4n) is 7.93. The van der Waals surface area contributed by atoms with E-state index in [1.165, 1.54) is 5.57 Å². The molecular weight excluding hydrogens is 384 g/mol. The molecule has 3 heteroatoms. The van der Waals surface area contributed by atoms with Gasteiger partial charge in [0.15, 0.2) is 11.5 Å². The largest absolute Gasteiger partial charge is 0.504 e. The lowest BCUT2D eigenvalue weighted by Crippen LogP contribution is -2.60. The van der Waals surface area contributed by atoms with Gasteiger partial charge in [0.2, 0.25) is 5.78 Å². The van der Waals surface area contributed by atoms with Crippen LogP contribution in [0.15, 0.2) is 57.9 Å². The number of carbonyl (C=O) groups is 2. The van der Waals surface area contributed by atoms with Crippen LogP contribution in [-0.4, -0.2) is 16.7 Å². The Hall–Kier alpha value is -2.16. The summed E-state index contributed by atoms with van der Waals surface area (Å²) in [4.78, 5) is 25.1. The second-order valence-electron chi connectivity index (χ2n) is 11.7. The van der Waals surface area contributed by atoms with Crippen molar-refractivity contribution in [3.63, 3.8) is 0 Å². The standard InChI is InChI=1S/C28H34O3/c1-16-13-23-25(3,15-21(16)30)9-11-27(5)22-8-7-18-17(2)24(31)20(29)14-19(18)26(22,4)10-12-28(23,27)6/h7-8,13-14,23,31H,9-12,15H2,1-6H3. The summed E-state index contributed by atoms with van der Waals surface area (Å²) in [5.74, 6) is 0.290. The highest BCUT2D eigenvalue weighted by Crippen LogP contribution is 2.73. The minimum Gasteiger partial charge on any atom is -0.504 e. The first-order chi connectivity index (χ1) is 14.4. The lowest BCUT2D eigenvalue weighted by Gasteiger charge is -2.68. The molecule has 0 amide bonds. The van der Waals surface area contributed by atoms with Crippen LogP contribution in [0.5, 0.6) is 0 Å². The molecular formula is C28H34O3. The number of aliphatic hydroxyl groups is 1. The molecule has 164 valence electrons. The Morgan fingerprint density at radius 3 is 2.39 bits per heavy atom. The molecule has 1 N–H and O–H groups in total. The lowest BCUT2D eigenvalue weighted by atomic mass is 9.36. The molecule has 5 aliphatic rings. The van der Waals surface area contributed by atoms with Crippen molar-refractivity contribution in [2.24, 2.45) is 27.6 Å². The molecule has 0 aromatic rings. The van der Waals surface area contributed by atoms with E-state index < -0.39 is 0 Å². The predicted octanol–water partition coefficient (Wildman–Crippen LogP) is 6.34.